The van der Waals surface area contributed by atoms with Crippen LogP contribution >= 0.6 is 0 Å². The zero-order valence-corrected chi connectivity index (χ0v) is 10.5. The third-order valence-corrected chi connectivity index (χ3v) is 3.26. The van der Waals surface area contributed by atoms with E-state index in [-0.39, 0.29) is 0 Å². The second-order valence-electron chi connectivity index (χ2n) is 4.67. The molecule has 4 nitrogen and oxygen atoms in total. The van der Waals surface area contributed by atoms with E-state index in [1.165, 1.54) is 18.5 Å². The van der Waals surface area contributed by atoms with Crippen LogP contribution in [-0.2, 0) is 6.54 Å². The average molecular weight is 243 g/mol. The zero-order valence-electron chi connectivity index (χ0n) is 10.5. The van der Waals surface area contributed by atoms with Crippen LogP contribution in [0.25, 0.3) is 0 Å². The highest BCUT2D eigenvalue weighted by atomic mass is 16.5. The topological polar surface area (TPSA) is 42.2 Å². The predicted octanol–water partition coefficient (Wildman–Crippen LogP) is 2.97. The van der Waals surface area contributed by atoms with Gasteiger partial charge in [-0.15, -0.1) is 0 Å². The molecule has 1 aliphatic carbocycles. The van der Waals surface area contributed by atoms with Gasteiger partial charge >= 0.3 is 0 Å². The molecule has 1 aromatic carbocycles. The molecule has 4 heteroatoms. The Morgan fingerprint density at radius 2 is 2.06 bits per heavy atom. The summed E-state index contributed by atoms with van der Waals surface area (Å²) in [4.78, 5) is 6.69. The molecule has 0 bridgehead atoms. The summed E-state index contributed by atoms with van der Waals surface area (Å²) in [6.45, 7) is 3.73. The Morgan fingerprint density at radius 3 is 2.72 bits per heavy atom. The Bertz CT molecular complexity index is 505. The molecule has 94 valence electrons. The monoisotopic (exact) mass is 243 g/mol. The van der Waals surface area contributed by atoms with Crippen LogP contribution in [0.3, 0.4) is 0 Å². The number of hydrogen-bond donors (Lipinski definition) is 0. The third kappa shape index (κ3) is 2.37. The molecule has 2 aromatic rings. The smallest absolute Gasteiger partial charge is 0.246 e. The summed E-state index contributed by atoms with van der Waals surface area (Å²) in [7, 11) is 0. The quantitative estimate of drug-likeness (QED) is 0.809. The van der Waals surface area contributed by atoms with E-state index in [0.717, 1.165) is 12.4 Å². The molecule has 1 aromatic heterocycles. The van der Waals surface area contributed by atoms with Gasteiger partial charge in [0.15, 0.2) is 5.82 Å². The Hall–Kier alpha value is -1.84. The van der Waals surface area contributed by atoms with E-state index in [1.54, 1.807) is 0 Å². The molecule has 0 aliphatic heterocycles. The fourth-order valence-electron chi connectivity index (χ4n) is 2.03. The lowest BCUT2D eigenvalue weighted by molar-refractivity contribution is 0.371. The second kappa shape index (κ2) is 4.80. The van der Waals surface area contributed by atoms with E-state index in [1.807, 2.05) is 18.2 Å². The van der Waals surface area contributed by atoms with Gasteiger partial charge in [-0.05, 0) is 31.9 Å². The standard InChI is InChI=1S/C14H17N3O/c1-2-17(12-6-4-3-5-7-12)10-13-15-14(16-18-13)11-8-9-11/h3-7,11H,2,8-10H2,1H3. The maximum absolute atomic E-state index is 5.32. The molecule has 0 amide bonds. The van der Waals surface area contributed by atoms with Crippen molar-refractivity contribution in [3.63, 3.8) is 0 Å². The Kier molecular flexibility index (Phi) is 3.00. The van der Waals surface area contributed by atoms with Crippen LogP contribution in [0.5, 0.6) is 0 Å². The minimum absolute atomic E-state index is 0.550. The van der Waals surface area contributed by atoms with Gasteiger partial charge in [0.25, 0.3) is 0 Å². The van der Waals surface area contributed by atoms with Crippen molar-refractivity contribution in [3.05, 3.63) is 42.0 Å². The normalized spacial score (nSPS) is 14.7. The molecule has 1 fully saturated rings. The molecule has 1 aliphatic rings. The molecule has 0 radical (unpaired) electrons. The molecule has 0 unspecified atom stereocenters. The lowest BCUT2D eigenvalue weighted by atomic mass is 10.3. The number of nitrogens with zero attached hydrogens (tertiary/aromatic N) is 3. The molecule has 18 heavy (non-hydrogen) atoms. The maximum Gasteiger partial charge on any atom is 0.246 e. The SMILES string of the molecule is CCN(Cc1nc(C2CC2)no1)c1ccccc1. The highest BCUT2D eigenvalue weighted by Crippen LogP contribution is 2.38. The highest BCUT2D eigenvalue weighted by molar-refractivity contribution is 5.45. The minimum atomic E-state index is 0.550. The molecule has 0 saturated heterocycles. The number of benzene rings is 1. The van der Waals surface area contributed by atoms with Crippen LogP contribution in [0.2, 0.25) is 0 Å². The molecule has 0 atom stereocenters. The van der Waals surface area contributed by atoms with E-state index in [2.05, 4.69) is 34.1 Å². The summed E-state index contributed by atoms with van der Waals surface area (Å²) in [5, 5.41) is 4.05. The van der Waals surface area contributed by atoms with Crippen molar-refractivity contribution in [2.24, 2.45) is 0 Å². The number of rotatable bonds is 5. The summed E-state index contributed by atoms with van der Waals surface area (Å²) in [6, 6.07) is 10.3. The number of para-hydroxylation sites is 1. The van der Waals surface area contributed by atoms with Crippen LogP contribution in [0, 0.1) is 0 Å². The number of hydrogen-bond acceptors (Lipinski definition) is 4. The highest BCUT2D eigenvalue weighted by Gasteiger charge is 2.28. The van der Waals surface area contributed by atoms with Gasteiger partial charge in [0, 0.05) is 18.2 Å². The van der Waals surface area contributed by atoms with Crippen molar-refractivity contribution in [1.82, 2.24) is 10.1 Å². The first kappa shape index (κ1) is 11.3. The summed E-state index contributed by atoms with van der Waals surface area (Å²) in [5.41, 5.74) is 1.19. The summed E-state index contributed by atoms with van der Waals surface area (Å²) in [6.07, 6.45) is 2.41. The molecular formula is C14H17N3O. The van der Waals surface area contributed by atoms with E-state index >= 15 is 0 Å². The van der Waals surface area contributed by atoms with E-state index in [9.17, 15) is 0 Å². The molecule has 0 spiro atoms. The fraction of sp³-hybridized carbons (Fsp3) is 0.429. The number of anilines is 1. The largest absolute Gasteiger partial charge is 0.362 e. The molecule has 3 rings (SSSR count). The number of aromatic nitrogens is 2. The van der Waals surface area contributed by atoms with Gasteiger partial charge in [-0.2, -0.15) is 4.98 Å². The van der Waals surface area contributed by atoms with Crippen LogP contribution < -0.4 is 4.90 Å². The second-order valence-corrected chi connectivity index (χ2v) is 4.67. The van der Waals surface area contributed by atoms with Gasteiger partial charge in [0.2, 0.25) is 5.89 Å². The first-order chi connectivity index (χ1) is 8.86. The van der Waals surface area contributed by atoms with Crippen molar-refractivity contribution in [3.8, 4) is 0 Å². The van der Waals surface area contributed by atoms with Crippen molar-refractivity contribution in [1.29, 1.82) is 0 Å². The first-order valence-electron chi connectivity index (χ1n) is 6.49. The van der Waals surface area contributed by atoms with Crippen LogP contribution in [0.15, 0.2) is 34.9 Å². The molecule has 1 saturated carbocycles. The van der Waals surface area contributed by atoms with Gasteiger partial charge in [-0.3, -0.25) is 0 Å². The van der Waals surface area contributed by atoms with E-state index < -0.39 is 0 Å². The summed E-state index contributed by atoms with van der Waals surface area (Å²) >= 11 is 0. The van der Waals surface area contributed by atoms with Crippen LogP contribution in [0.1, 0.15) is 37.4 Å². The van der Waals surface area contributed by atoms with Crippen LogP contribution in [0.4, 0.5) is 5.69 Å². The van der Waals surface area contributed by atoms with E-state index in [0.29, 0.717) is 18.4 Å². The predicted molar refractivity (Wildman–Crippen MR) is 69.4 cm³/mol. The van der Waals surface area contributed by atoms with Crippen molar-refractivity contribution < 1.29 is 4.52 Å². The van der Waals surface area contributed by atoms with Gasteiger partial charge in [0.1, 0.15) is 0 Å². The fourth-order valence-corrected chi connectivity index (χ4v) is 2.03. The average Bonchev–Trinajstić information content (AvgIpc) is 3.17. The van der Waals surface area contributed by atoms with Gasteiger partial charge in [-0.1, -0.05) is 23.4 Å². The first-order valence-corrected chi connectivity index (χ1v) is 6.49. The van der Waals surface area contributed by atoms with Gasteiger partial charge < -0.3 is 9.42 Å². The molecular weight excluding hydrogens is 226 g/mol. The Morgan fingerprint density at radius 1 is 1.28 bits per heavy atom. The third-order valence-electron chi connectivity index (χ3n) is 3.26. The maximum atomic E-state index is 5.32. The van der Waals surface area contributed by atoms with Crippen molar-refractivity contribution in [2.75, 3.05) is 11.4 Å². The summed E-state index contributed by atoms with van der Waals surface area (Å²) in [5.74, 6) is 2.14. The lowest BCUT2D eigenvalue weighted by Crippen LogP contribution is -2.22. The van der Waals surface area contributed by atoms with Crippen LogP contribution in [-0.4, -0.2) is 16.7 Å². The van der Waals surface area contributed by atoms with Crippen molar-refractivity contribution >= 4 is 5.69 Å². The van der Waals surface area contributed by atoms with Crippen molar-refractivity contribution in [2.45, 2.75) is 32.2 Å². The lowest BCUT2D eigenvalue weighted by Gasteiger charge is -2.20. The van der Waals surface area contributed by atoms with Gasteiger partial charge in [-0.25, -0.2) is 0 Å². The molecule has 1 heterocycles. The Labute approximate surface area is 107 Å². The van der Waals surface area contributed by atoms with E-state index in [4.69, 9.17) is 4.52 Å². The zero-order chi connectivity index (χ0) is 12.4. The van der Waals surface area contributed by atoms with Gasteiger partial charge in [0.05, 0.1) is 6.54 Å². The molecule has 0 N–H and O–H groups in total. The minimum Gasteiger partial charge on any atom is -0.362 e. The summed E-state index contributed by atoms with van der Waals surface area (Å²) < 4.78 is 5.32. The Balaban J connectivity index is 1.72.